The van der Waals surface area contributed by atoms with Crippen molar-refractivity contribution in [2.24, 2.45) is 17.8 Å². The van der Waals surface area contributed by atoms with Crippen molar-refractivity contribution < 1.29 is 0 Å². The van der Waals surface area contributed by atoms with Crippen LogP contribution in [0.5, 0.6) is 0 Å². The van der Waals surface area contributed by atoms with Crippen molar-refractivity contribution >= 4 is 0 Å². The maximum absolute atomic E-state index is 2.47. The zero-order valence-corrected chi connectivity index (χ0v) is 15.9. The molecule has 0 amide bonds. The molecule has 0 spiro atoms. The van der Waals surface area contributed by atoms with Crippen LogP contribution in [0, 0.1) is 17.8 Å². The van der Waals surface area contributed by atoms with Crippen molar-refractivity contribution in [2.45, 2.75) is 118 Å². The monoisotopic (exact) mass is 296 g/mol. The van der Waals surface area contributed by atoms with Crippen LogP contribution in [0.1, 0.15) is 118 Å². The molecule has 0 heteroatoms. The first-order valence-corrected chi connectivity index (χ1v) is 10.2. The molecule has 0 aromatic carbocycles. The molecule has 128 valence electrons. The summed E-state index contributed by atoms with van der Waals surface area (Å²) in [6.07, 6.45) is 18.7. The molecular weight excluding hydrogens is 252 g/mol. The van der Waals surface area contributed by atoms with Gasteiger partial charge in [-0.05, 0) is 17.8 Å². The van der Waals surface area contributed by atoms with Gasteiger partial charge < -0.3 is 0 Å². The number of hydrogen-bond donors (Lipinski definition) is 0. The van der Waals surface area contributed by atoms with E-state index in [4.69, 9.17) is 0 Å². The Morgan fingerprint density at radius 3 is 1.67 bits per heavy atom. The molecule has 0 aliphatic carbocycles. The first kappa shape index (κ1) is 21.0. The first-order valence-electron chi connectivity index (χ1n) is 10.2. The summed E-state index contributed by atoms with van der Waals surface area (Å²) >= 11 is 0. The molecule has 0 rings (SSSR count). The van der Waals surface area contributed by atoms with E-state index in [1.807, 2.05) is 0 Å². The normalized spacial score (nSPS) is 15.9. The molecule has 0 aromatic rings. The second-order valence-corrected chi connectivity index (χ2v) is 7.50. The minimum Gasteiger partial charge on any atom is -0.0654 e. The first-order chi connectivity index (χ1) is 10.2. The lowest BCUT2D eigenvalue weighted by Gasteiger charge is -2.21. The van der Waals surface area contributed by atoms with Gasteiger partial charge in [0.25, 0.3) is 0 Å². The molecule has 0 aromatic heterocycles. The Morgan fingerprint density at radius 2 is 1.10 bits per heavy atom. The van der Waals surface area contributed by atoms with Crippen LogP contribution in [-0.2, 0) is 0 Å². The van der Waals surface area contributed by atoms with E-state index < -0.39 is 0 Å². The molecule has 0 saturated carbocycles. The van der Waals surface area contributed by atoms with Crippen LogP contribution in [0.15, 0.2) is 0 Å². The maximum Gasteiger partial charge on any atom is -0.0391 e. The molecule has 0 radical (unpaired) electrons. The van der Waals surface area contributed by atoms with Gasteiger partial charge in [0.05, 0.1) is 0 Å². The second kappa shape index (κ2) is 14.9. The summed E-state index contributed by atoms with van der Waals surface area (Å²) < 4.78 is 0. The molecule has 3 unspecified atom stereocenters. The molecule has 0 fully saturated rings. The van der Waals surface area contributed by atoms with E-state index in [1.54, 1.807) is 0 Å². The molecule has 0 bridgehead atoms. The van der Waals surface area contributed by atoms with E-state index in [1.165, 1.54) is 83.5 Å². The van der Waals surface area contributed by atoms with Crippen molar-refractivity contribution in [3.8, 4) is 0 Å². The van der Waals surface area contributed by atoms with Crippen molar-refractivity contribution in [3.05, 3.63) is 0 Å². The Morgan fingerprint density at radius 1 is 0.571 bits per heavy atom. The standard InChI is InChI=1S/C21H44/c1-6-9-10-11-12-13-16-19(4)17-14-15-18-21(8-3)20(5)7-2/h19-21H,6-18H2,1-5H3. The Labute approximate surface area is 136 Å². The van der Waals surface area contributed by atoms with Crippen LogP contribution in [0.4, 0.5) is 0 Å². The average molecular weight is 297 g/mol. The fourth-order valence-corrected chi connectivity index (χ4v) is 3.54. The van der Waals surface area contributed by atoms with Crippen LogP contribution >= 0.6 is 0 Å². The quantitative estimate of drug-likeness (QED) is 0.268. The zero-order chi connectivity index (χ0) is 15.9. The maximum atomic E-state index is 2.47. The Bertz CT molecular complexity index is 196. The van der Waals surface area contributed by atoms with Gasteiger partial charge in [0.1, 0.15) is 0 Å². The summed E-state index contributed by atoms with van der Waals surface area (Å²) in [5, 5.41) is 0. The summed E-state index contributed by atoms with van der Waals surface area (Å²) in [6, 6.07) is 0. The van der Waals surface area contributed by atoms with Crippen molar-refractivity contribution in [3.63, 3.8) is 0 Å². The van der Waals surface area contributed by atoms with Gasteiger partial charge in [-0.1, -0.05) is 118 Å². The Balaban J connectivity index is 3.46. The topological polar surface area (TPSA) is 0 Å². The largest absolute Gasteiger partial charge is 0.0654 e. The van der Waals surface area contributed by atoms with E-state index in [0.29, 0.717) is 0 Å². The van der Waals surface area contributed by atoms with Crippen molar-refractivity contribution in [2.75, 3.05) is 0 Å². The molecule has 21 heavy (non-hydrogen) atoms. The number of hydrogen-bond acceptors (Lipinski definition) is 0. The summed E-state index contributed by atoms with van der Waals surface area (Å²) in [7, 11) is 0. The summed E-state index contributed by atoms with van der Waals surface area (Å²) in [5.74, 6) is 2.86. The smallest absolute Gasteiger partial charge is 0.0391 e. The minimum absolute atomic E-state index is 0.926. The Kier molecular flexibility index (Phi) is 14.9. The van der Waals surface area contributed by atoms with E-state index in [2.05, 4.69) is 34.6 Å². The predicted octanol–water partition coefficient (Wildman–Crippen LogP) is 8.01. The van der Waals surface area contributed by atoms with Gasteiger partial charge in [-0.15, -0.1) is 0 Å². The van der Waals surface area contributed by atoms with Crippen LogP contribution < -0.4 is 0 Å². The summed E-state index contributed by atoms with van der Waals surface area (Å²) in [5.41, 5.74) is 0. The Hall–Kier alpha value is 0. The molecule has 0 nitrogen and oxygen atoms in total. The molecule has 0 N–H and O–H groups in total. The van der Waals surface area contributed by atoms with E-state index in [9.17, 15) is 0 Å². The predicted molar refractivity (Wildman–Crippen MR) is 98.9 cm³/mol. The van der Waals surface area contributed by atoms with Crippen LogP contribution in [0.2, 0.25) is 0 Å². The van der Waals surface area contributed by atoms with Gasteiger partial charge in [0.2, 0.25) is 0 Å². The lowest BCUT2D eigenvalue weighted by molar-refractivity contribution is 0.303. The van der Waals surface area contributed by atoms with Gasteiger partial charge in [-0.25, -0.2) is 0 Å². The zero-order valence-electron chi connectivity index (χ0n) is 15.9. The molecule has 0 saturated heterocycles. The fraction of sp³-hybridized carbons (Fsp3) is 1.00. The SMILES string of the molecule is CCCCCCCCC(C)CCCCC(CC)C(C)CC. The summed E-state index contributed by atoms with van der Waals surface area (Å²) in [4.78, 5) is 0. The highest BCUT2D eigenvalue weighted by Crippen LogP contribution is 2.25. The third kappa shape index (κ3) is 12.2. The van der Waals surface area contributed by atoms with Crippen LogP contribution in [0.25, 0.3) is 0 Å². The minimum atomic E-state index is 0.926. The third-order valence-electron chi connectivity index (χ3n) is 5.55. The third-order valence-corrected chi connectivity index (χ3v) is 5.55. The van der Waals surface area contributed by atoms with Crippen LogP contribution in [-0.4, -0.2) is 0 Å². The average Bonchev–Trinajstić information content (AvgIpc) is 2.50. The lowest BCUT2D eigenvalue weighted by Crippen LogP contribution is -2.10. The van der Waals surface area contributed by atoms with Gasteiger partial charge in [0.15, 0.2) is 0 Å². The van der Waals surface area contributed by atoms with Crippen molar-refractivity contribution in [1.82, 2.24) is 0 Å². The summed E-state index contributed by atoms with van der Waals surface area (Å²) in [6.45, 7) is 11.9. The molecular formula is C21H44. The van der Waals surface area contributed by atoms with E-state index in [0.717, 1.165) is 17.8 Å². The highest BCUT2D eigenvalue weighted by atomic mass is 14.2. The number of unbranched alkanes of at least 4 members (excludes halogenated alkanes) is 6. The van der Waals surface area contributed by atoms with Crippen molar-refractivity contribution in [1.29, 1.82) is 0 Å². The fourth-order valence-electron chi connectivity index (χ4n) is 3.54. The molecule has 0 aliphatic heterocycles. The van der Waals surface area contributed by atoms with Gasteiger partial charge in [-0.3, -0.25) is 0 Å². The highest BCUT2D eigenvalue weighted by molar-refractivity contribution is 4.65. The molecule has 0 aliphatic rings. The van der Waals surface area contributed by atoms with Crippen LogP contribution in [0.3, 0.4) is 0 Å². The van der Waals surface area contributed by atoms with Gasteiger partial charge in [-0.2, -0.15) is 0 Å². The van der Waals surface area contributed by atoms with Gasteiger partial charge in [0, 0.05) is 0 Å². The van der Waals surface area contributed by atoms with E-state index in [-0.39, 0.29) is 0 Å². The van der Waals surface area contributed by atoms with Gasteiger partial charge >= 0.3 is 0 Å². The van der Waals surface area contributed by atoms with E-state index >= 15 is 0 Å². The highest BCUT2D eigenvalue weighted by Gasteiger charge is 2.13. The molecule has 0 heterocycles. The molecule has 3 atom stereocenters. The lowest BCUT2D eigenvalue weighted by atomic mass is 9.85. The number of rotatable bonds is 15. The second-order valence-electron chi connectivity index (χ2n) is 7.50.